The highest BCUT2D eigenvalue weighted by molar-refractivity contribution is 6.02. The zero-order valence-electron chi connectivity index (χ0n) is 10.3. The zero-order valence-corrected chi connectivity index (χ0v) is 10.3. The molecule has 2 N–H and O–H groups in total. The highest BCUT2D eigenvalue weighted by atomic mass is 16.6. The van der Waals surface area contributed by atoms with E-state index in [4.69, 9.17) is 0 Å². The van der Waals surface area contributed by atoms with Crippen LogP contribution in [0.1, 0.15) is 30.4 Å². The first kappa shape index (κ1) is 12.7. The van der Waals surface area contributed by atoms with Crippen LogP contribution in [-0.2, 0) is 0 Å². The van der Waals surface area contributed by atoms with Crippen molar-refractivity contribution in [3.05, 3.63) is 34.4 Å². The summed E-state index contributed by atoms with van der Waals surface area (Å²) in [7, 11) is 0. The summed E-state index contributed by atoms with van der Waals surface area (Å²) in [5, 5.41) is 19.3. The van der Waals surface area contributed by atoms with Gasteiger partial charge < -0.3 is 4.57 Å². The molecule has 0 aromatic carbocycles. The Hall–Kier alpha value is -2.71. The smallest absolute Gasteiger partial charge is 0.287 e. The number of nitrogens with zero attached hydrogens (tertiary/aromatic N) is 4. The van der Waals surface area contributed by atoms with Crippen molar-refractivity contribution in [2.75, 3.05) is 5.32 Å². The van der Waals surface area contributed by atoms with Crippen LogP contribution in [-0.4, -0.2) is 30.6 Å². The molecule has 19 heavy (non-hydrogen) atoms. The Kier molecular flexibility index (Phi) is 3.27. The molecule has 0 bridgehead atoms. The number of hydrogen-bond acceptors (Lipinski definition) is 5. The van der Waals surface area contributed by atoms with Crippen molar-refractivity contribution in [1.29, 1.82) is 0 Å². The van der Waals surface area contributed by atoms with E-state index in [2.05, 4.69) is 20.5 Å². The lowest BCUT2D eigenvalue weighted by atomic mass is 10.3. The minimum absolute atomic E-state index is 0.0795. The van der Waals surface area contributed by atoms with E-state index in [0.29, 0.717) is 0 Å². The number of nitro groups is 1. The van der Waals surface area contributed by atoms with Gasteiger partial charge in [0.15, 0.2) is 0 Å². The fourth-order valence-corrected chi connectivity index (χ4v) is 1.61. The molecule has 2 rings (SSSR count). The standard InChI is InChI=1S/C10H12N6O3/c1-6(2)15-4-7(16(18)19)3-8(15)9(17)13-10-11-5-12-14-10/h3-6H,1-2H3,(H2,11,12,13,14,17). The summed E-state index contributed by atoms with van der Waals surface area (Å²) in [5.41, 5.74) is 0.0644. The minimum atomic E-state index is -0.538. The summed E-state index contributed by atoms with van der Waals surface area (Å²) < 4.78 is 1.53. The predicted molar refractivity (Wildman–Crippen MR) is 65.8 cm³/mol. The van der Waals surface area contributed by atoms with Gasteiger partial charge in [-0.15, -0.1) is 0 Å². The average Bonchev–Trinajstić information content (AvgIpc) is 2.96. The molecule has 9 nitrogen and oxygen atoms in total. The summed E-state index contributed by atoms with van der Waals surface area (Å²) in [6.45, 7) is 3.66. The lowest BCUT2D eigenvalue weighted by Gasteiger charge is -2.10. The molecule has 0 radical (unpaired) electrons. The van der Waals surface area contributed by atoms with Gasteiger partial charge in [0.25, 0.3) is 11.6 Å². The number of aromatic nitrogens is 4. The SMILES string of the molecule is CC(C)n1cc([N+](=O)[O-])cc1C(=O)Nc1ncn[nH]1. The first-order valence-electron chi connectivity index (χ1n) is 5.52. The lowest BCUT2D eigenvalue weighted by molar-refractivity contribution is -0.384. The molecule has 0 saturated carbocycles. The van der Waals surface area contributed by atoms with E-state index in [0.717, 1.165) is 0 Å². The molecule has 0 unspecified atom stereocenters. The van der Waals surface area contributed by atoms with Crippen molar-refractivity contribution in [3.63, 3.8) is 0 Å². The van der Waals surface area contributed by atoms with Crippen LogP contribution < -0.4 is 5.32 Å². The maximum atomic E-state index is 12.0. The van der Waals surface area contributed by atoms with Crippen LogP contribution in [0.2, 0.25) is 0 Å². The number of aromatic amines is 1. The fourth-order valence-electron chi connectivity index (χ4n) is 1.61. The van der Waals surface area contributed by atoms with Crippen LogP contribution in [0.5, 0.6) is 0 Å². The van der Waals surface area contributed by atoms with Crippen LogP contribution in [0.4, 0.5) is 11.6 Å². The van der Waals surface area contributed by atoms with E-state index < -0.39 is 10.8 Å². The van der Waals surface area contributed by atoms with Crippen molar-refractivity contribution >= 4 is 17.5 Å². The largest absolute Gasteiger partial charge is 0.335 e. The molecule has 2 aromatic heterocycles. The van der Waals surface area contributed by atoms with Crippen molar-refractivity contribution < 1.29 is 9.72 Å². The third-order valence-corrected chi connectivity index (χ3v) is 2.48. The lowest BCUT2D eigenvalue weighted by Crippen LogP contribution is -2.18. The highest BCUT2D eigenvalue weighted by Gasteiger charge is 2.21. The number of anilines is 1. The van der Waals surface area contributed by atoms with Gasteiger partial charge in [-0.3, -0.25) is 20.2 Å². The second-order valence-electron chi connectivity index (χ2n) is 4.13. The molecule has 2 aromatic rings. The van der Waals surface area contributed by atoms with Gasteiger partial charge in [-0.1, -0.05) is 0 Å². The number of amides is 1. The predicted octanol–water partition coefficient (Wildman–Crippen LogP) is 1.35. The fraction of sp³-hybridized carbons (Fsp3) is 0.300. The van der Waals surface area contributed by atoms with E-state index in [1.54, 1.807) is 0 Å². The van der Waals surface area contributed by atoms with E-state index in [-0.39, 0.29) is 23.4 Å². The quantitative estimate of drug-likeness (QED) is 0.638. The molecule has 0 fully saturated rings. The van der Waals surface area contributed by atoms with Crippen molar-refractivity contribution in [2.45, 2.75) is 19.9 Å². The molecule has 0 aliphatic rings. The Morgan fingerprint density at radius 2 is 2.32 bits per heavy atom. The van der Waals surface area contributed by atoms with Gasteiger partial charge >= 0.3 is 0 Å². The van der Waals surface area contributed by atoms with Crippen molar-refractivity contribution in [1.82, 2.24) is 19.7 Å². The third kappa shape index (κ3) is 2.59. The van der Waals surface area contributed by atoms with Gasteiger partial charge in [0.05, 0.1) is 11.1 Å². The van der Waals surface area contributed by atoms with Gasteiger partial charge in [-0.05, 0) is 13.8 Å². The zero-order chi connectivity index (χ0) is 14.0. The molecular formula is C10H12N6O3. The molecule has 0 aliphatic heterocycles. The number of rotatable bonds is 4. The number of hydrogen-bond donors (Lipinski definition) is 2. The molecule has 0 saturated heterocycles. The second-order valence-corrected chi connectivity index (χ2v) is 4.13. The highest BCUT2D eigenvalue weighted by Crippen LogP contribution is 2.21. The number of carbonyl (C=O) groups excluding carboxylic acids is 1. The van der Waals surface area contributed by atoms with Gasteiger partial charge in [0, 0.05) is 12.1 Å². The Bertz CT molecular complexity index is 601. The first-order chi connectivity index (χ1) is 8.99. The topological polar surface area (TPSA) is 119 Å². The minimum Gasteiger partial charge on any atom is -0.335 e. The molecule has 1 amide bonds. The van der Waals surface area contributed by atoms with E-state index in [9.17, 15) is 14.9 Å². The maximum absolute atomic E-state index is 12.0. The Morgan fingerprint density at radius 1 is 1.58 bits per heavy atom. The molecule has 0 aliphatic carbocycles. The van der Waals surface area contributed by atoms with Crippen LogP contribution in [0.3, 0.4) is 0 Å². The Morgan fingerprint density at radius 3 is 2.84 bits per heavy atom. The van der Waals surface area contributed by atoms with Crippen LogP contribution in [0, 0.1) is 10.1 Å². The van der Waals surface area contributed by atoms with Crippen molar-refractivity contribution in [2.24, 2.45) is 0 Å². The van der Waals surface area contributed by atoms with E-state index >= 15 is 0 Å². The molecule has 2 heterocycles. The van der Waals surface area contributed by atoms with Crippen molar-refractivity contribution in [3.8, 4) is 0 Å². The molecular weight excluding hydrogens is 252 g/mol. The van der Waals surface area contributed by atoms with E-state index in [1.807, 2.05) is 13.8 Å². The van der Waals surface area contributed by atoms with Gasteiger partial charge in [0.2, 0.25) is 5.95 Å². The van der Waals surface area contributed by atoms with Gasteiger partial charge in [0.1, 0.15) is 12.0 Å². The van der Waals surface area contributed by atoms with E-state index in [1.165, 1.54) is 23.2 Å². The summed E-state index contributed by atoms with van der Waals surface area (Å²) in [5.74, 6) is -0.303. The second kappa shape index (κ2) is 4.88. The van der Waals surface area contributed by atoms with Gasteiger partial charge in [-0.2, -0.15) is 10.1 Å². The van der Waals surface area contributed by atoms with Gasteiger partial charge in [-0.25, -0.2) is 5.10 Å². The summed E-state index contributed by atoms with van der Waals surface area (Å²) in [6.07, 6.45) is 2.58. The van der Waals surface area contributed by atoms with Crippen LogP contribution >= 0.6 is 0 Å². The Balaban J connectivity index is 2.32. The molecule has 0 atom stereocenters. The summed E-state index contributed by atoms with van der Waals surface area (Å²) in [4.78, 5) is 26.0. The third-order valence-electron chi connectivity index (χ3n) is 2.48. The molecule has 9 heteroatoms. The maximum Gasteiger partial charge on any atom is 0.287 e. The number of carbonyl (C=O) groups is 1. The average molecular weight is 264 g/mol. The molecule has 0 spiro atoms. The molecule has 100 valence electrons. The first-order valence-corrected chi connectivity index (χ1v) is 5.52. The summed E-state index contributed by atoms with van der Waals surface area (Å²) in [6, 6.07) is 1.15. The summed E-state index contributed by atoms with van der Waals surface area (Å²) >= 11 is 0. The van der Waals surface area contributed by atoms with Crippen LogP contribution in [0.15, 0.2) is 18.6 Å². The number of nitrogens with one attached hydrogen (secondary N) is 2. The monoisotopic (exact) mass is 264 g/mol. The van der Waals surface area contributed by atoms with Crippen LogP contribution in [0.25, 0.3) is 0 Å². The Labute approximate surface area is 107 Å². The number of H-pyrrole nitrogens is 1. The normalized spacial score (nSPS) is 10.7.